The highest BCUT2D eigenvalue weighted by molar-refractivity contribution is 6.07. The van der Waals surface area contributed by atoms with E-state index in [4.69, 9.17) is 10.5 Å². The molecule has 3 rings (SSSR count). The highest BCUT2D eigenvalue weighted by atomic mass is 19.3. The number of carbonyl (C=O) groups is 1. The molecule has 2 aromatic carbocycles. The Morgan fingerprint density at radius 1 is 1.15 bits per heavy atom. The molecule has 1 heterocycles. The van der Waals surface area contributed by atoms with Crippen molar-refractivity contribution < 1.29 is 23.0 Å². The Morgan fingerprint density at radius 3 is 2.45 bits per heavy atom. The van der Waals surface area contributed by atoms with Crippen LogP contribution in [0.15, 0.2) is 58.1 Å². The first-order chi connectivity index (χ1) is 15.8. The quantitative estimate of drug-likeness (QED) is 0.533. The Kier molecular flexibility index (Phi) is 7.11. The van der Waals surface area contributed by atoms with Crippen LogP contribution in [0, 0.1) is 0 Å². The molecule has 0 aliphatic rings. The monoisotopic (exact) mass is 460 g/mol. The average Bonchev–Trinajstić information content (AvgIpc) is 2.79. The van der Waals surface area contributed by atoms with Gasteiger partial charge in [-0.15, -0.1) is 0 Å². The van der Waals surface area contributed by atoms with E-state index in [-0.39, 0.29) is 41.7 Å². The Hall–Kier alpha value is -4.15. The molecule has 0 fully saturated rings. The molecule has 0 saturated carbocycles. The molecule has 1 aromatic heterocycles. The van der Waals surface area contributed by atoms with E-state index in [1.54, 1.807) is 31.2 Å². The minimum Gasteiger partial charge on any atom is -0.493 e. The second-order valence-electron chi connectivity index (χ2n) is 6.86. The minimum absolute atomic E-state index is 0.0350. The number of hydrogen-bond acceptors (Lipinski definition) is 6. The summed E-state index contributed by atoms with van der Waals surface area (Å²) in [5.74, 6) is -1.18. The van der Waals surface area contributed by atoms with Crippen LogP contribution in [0.1, 0.15) is 22.8 Å². The molecule has 0 saturated heterocycles. The van der Waals surface area contributed by atoms with Gasteiger partial charge in [-0.05, 0) is 30.7 Å². The number of rotatable bonds is 8. The molecule has 174 valence electrons. The number of hydrogen-bond donors (Lipinski definition) is 2. The van der Waals surface area contributed by atoms with Gasteiger partial charge < -0.3 is 20.1 Å². The van der Waals surface area contributed by atoms with Crippen LogP contribution >= 0.6 is 0 Å². The van der Waals surface area contributed by atoms with Crippen molar-refractivity contribution in [2.75, 3.05) is 24.3 Å². The SMILES string of the molecule is CCN(C(=O)c1ccc(OC(F)F)c(OC)c1)c1c(N)n(Cc2ccccc2)c(=O)[nH]c1=O. The zero-order chi connectivity index (χ0) is 24.1. The first-order valence-corrected chi connectivity index (χ1v) is 9.88. The number of nitrogens with one attached hydrogen (secondary N) is 1. The van der Waals surface area contributed by atoms with Gasteiger partial charge in [0.2, 0.25) is 0 Å². The molecule has 33 heavy (non-hydrogen) atoms. The molecule has 1 amide bonds. The zero-order valence-electron chi connectivity index (χ0n) is 17.9. The predicted molar refractivity (Wildman–Crippen MR) is 118 cm³/mol. The molecule has 3 aromatic rings. The molecule has 3 N–H and O–H groups in total. The molecule has 0 aliphatic carbocycles. The summed E-state index contributed by atoms with van der Waals surface area (Å²) in [4.78, 5) is 41.5. The van der Waals surface area contributed by atoms with E-state index in [9.17, 15) is 23.2 Å². The highest BCUT2D eigenvalue weighted by Gasteiger charge is 2.25. The van der Waals surface area contributed by atoms with E-state index in [2.05, 4.69) is 9.72 Å². The first-order valence-electron chi connectivity index (χ1n) is 9.88. The van der Waals surface area contributed by atoms with Crippen molar-refractivity contribution in [3.8, 4) is 11.5 Å². The second kappa shape index (κ2) is 9.98. The maximum absolute atomic E-state index is 13.2. The Morgan fingerprint density at radius 2 is 1.85 bits per heavy atom. The number of ether oxygens (including phenoxy) is 2. The van der Waals surface area contributed by atoms with Gasteiger partial charge in [0, 0.05) is 12.1 Å². The standard InChI is InChI=1S/C22H22F2N4O5/c1-3-27(20(30)14-9-10-15(33-21(23)24)16(11-14)32-2)17-18(25)28(22(31)26-19(17)29)12-13-7-5-4-6-8-13/h4-11,21H,3,12,25H2,1-2H3,(H,26,29,31). The van der Waals surface area contributed by atoms with Crippen molar-refractivity contribution in [2.24, 2.45) is 0 Å². The van der Waals surface area contributed by atoms with Crippen LogP contribution in [0.5, 0.6) is 11.5 Å². The first kappa shape index (κ1) is 23.5. The molecular formula is C22H22F2N4O5. The molecule has 0 radical (unpaired) electrons. The molecule has 11 heteroatoms. The van der Waals surface area contributed by atoms with Crippen molar-refractivity contribution in [1.29, 1.82) is 0 Å². The van der Waals surface area contributed by atoms with Crippen molar-refractivity contribution in [2.45, 2.75) is 20.1 Å². The number of nitrogen functional groups attached to an aromatic ring is 1. The van der Waals surface area contributed by atoms with Crippen molar-refractivity contribution in [1.82, 2.24) is 9.55 Å². The van der Waals surface area contributed by atoms with Gasteiger partial charge in [-0.2, -0.15) is 8.78 Å². The normalized spacial score (nSPS) is 10.8. The van der Waals surface area contributed by atoms with Crippen LogP contribution in [0.2, 0.25) is 0 Å². The topological polar surface area (TPSA) is 120 Å². The fourth-order valence-electron chi connectivity index (χ4n) is 3.31. The summed E-state index contributed by atoms with van der Waals surface area (Å²) >= 11 is 0. The Bertz CT molecular complexity index is 1260. The fraction of sp³-hybridized carbons (Fsp3) is 0.227. The largest absolute Gasteiger partial charge is 0.493 e. The minimum atomic E-state index is -3.07. The van der Waals surface area contributed by atoms with E-state index < -0.39 is 23.8 Å². The van der Waals surface area contributed by atoms with Gasteiger partial charge in [0.25, 0.3) is 11.5 Å². The van der Waals surface area contributed by atoms with Gasteiger partial charge in [-0.3, -0.25) is 19.1 Å². The van der Waals surface area contributed by atoms with E-state index in [1.807, 2.05) is 6.07 Å². The predicted octanol–water partition coefficient (Wildman–Crippen LogP) is 2.44. The summed E-state index contributed by atoms with van der Waals surface area (Å²) in [6.45, 7) is -1.34. The smallest absolute Gasteiger partial charge is 0.387 e. The van der Waals surface area contributed by atoms with Crippen molar-refractivity contribution in [3.63, 3.8) is 0 Å². The van der Waals surface area contributed by atoms with Crippen molar-refractivity contribution in [3.05, 3.63) is 80.5 Å². The van der Waals surface area contributed by atoms with Gasteiger partial charge in [0.15, 0.2) is 17.2 Å². The van der Waals surface area contributed by atoms with Gasteiger partial charge in [0.1, 0.15) is 5.82 Å². The molecule has 0 spiro atoms. The molecular weight excluding hydrogens is 438 g/mol. The number of nitrogens with zero attached hydrogens (tertiary/aromatic N) is 2. The maximum atomic E-state index is 13.2. The summed E-state index contributed by atoms with van der Waals surface area (Å²) in [6, 6.07) is 12.6. The third-order valence-electron chi connectivity index (χ3n) is 4.86. The van der Waals surface area contributed by atoms with E-state index >= 15 is 0 Å². The summed E-state index contributed by atoms with van der Waals surface area (Å²) in [6.07, 6.45) is 0. The van der Waals surface area contributed by atoms with Crippen LogP contribution in [0.4, 0.5) is 20.3 Å². The molecule has 0 aliphatic heterocycles. The third-order valence-corrected chi connectivity index (χ3v) is 4.86. The number of aromatic amines is 1. The van der Waals surface area contributed by atoms with Crippen LogP contribution < -0.4 is 31.4 Å². The van der Waals surface area contributed by atoms with Gasteiger partial charge in [-0.25, -0.2) is 4.79 Å². The van der Waals surface area contributed by atoms with Crippen LogP contribution in [-0.4, -0.2) is 35.7 Å². The number of benzene rings is 2. The number of amides is 1. The molecule has 0 unspecified atom stereocenters. The third kappa shape index (κ3) is 5.03. The number of aromatic nitrogens is 2. The van der Waals surface area contributed by atoms with Crippen LogP contribution in [-0.2, 0) is 6.54 Å². The number of H-pyrrole nitrogens is 1. The summed E-state index contributed by atoms with van der Waals surface area (Å²) < 4.78 is 35.7. The lowest BCUT2D eigenvalue weighted by molar-refractivity contribution is -0.0512. The lowest BCUT2D eigenvalue weighted by atomic mass is 10.1. The zero-order valence-corrected chi connectivity index (χ0v) is 17.9. The second-order valence-corrected chi connectivity index (χ2v) is 6.86. The molecule has 9 nitrogen and oxygen atoms in total. The average molecular weight is 460 g/mol. The summed E-state index contributed by atoms with van der Waals surface area (Å²) in [7, 11) is 1.24. The van der Waals surface area contributed by atoms with Gasteiger partial charge in [-0.1, -0.05) is 30.3 Å². The Balaban J connectivity index is 2.04. The van der Waals surface area contributed by atoms with E-state index in [0.717, 1.165) is 21.1 Å². The summed E-state index contributed by atoms with van der Waals surface area (Å²) in [5.41, 5.74) is 5.23. The maximum Gasteiger partial charge on any atom is 0.387 e. The molecule has 0 bridgehead atoms. The number of halogens is 2. The number of nitrogens with two attached hydrogens (primary N) is 1. The van der Waals surface area contributed by atoms with Crippen molar-refractivity contribution >= 4 is 17.4 Å². The number of anilines is 2. The molecule has 0 atom stereocenters. The van der Waals surface area contributed by atoms with E-state index in [1.165, 1.54) is 19.2 Å². The number of carbonyl (C=O) groups excluding carboxylic acids is 1. The Labute approximate surface area is 187 Å². The van der Waals surface area contributed by atoms with Gasteiger partial charge >= 0.3 is 12.3 Å². The van der Waals surface area contributed by atoms with E-state index in [0.29, 0.717) is 0 Å². The number of alkyl halides is 2. The highest BCUT2D eigenvalue weighted by Crippen LogP contribution is 2.30. The lowest BCUT2D eigenvalue weighted by Crippen LogP contribution is -2.41. The van der Waals surface area contributed by atoms with Crippen LogP contribution in [0.3, 0.4) is 0 Å². The van der Waals surface area contributed by atoms with Gasteiger partial charge in [0.05, 0.1) is 13.7 Å². The number of methoxy groups -OCH3 is 1. The summed E-state index contributed by atoms with van der Waals surface area (Å²) in [5, 5.41) is 0. The fourth-order valence-corrected chi connectivity index (χ4v) is 3.31. The van der Waals surface area contributed by atoms with Crippen LogP contribution in [0.25, 0.3) is 0 Å². The lowest BCUT2D eigenvalue weighted by Gasteiger charge is -2.23.